The predicted octanol–water partition coefficient (Wildman–Crippen LogP) is 6.92. The molecule has 0 unspecified atom stereocenters. The largest absolute Gasteiger partial charge is 0.326 e. The number of nitrogens with one attached hydrogen (secondary N) is 1. The molecule has 35 heavy (non-hydrogen) atoms. The summed E-state index contributed by atoms with van der Waals surface area (Å²) in [5.74, 6) is -0.171. The van der Waals surface area contributed by atoms with E-state index in [0.717, 1.165) is 38.4 Å². The molecule has 1 heterocycles. The van der Waals surface area contributed by atoms with E-state index in [-0.39, 0.29) is 11.8 Å². The third-order valence-corrected chi connectivity index (χ3v) is 7.43. The van der Waals surface area contributed by atoms with Crippen LogP contribution in [0.25, 0.3) is 27.6 Å². The Kier molecular flexibility index (Phi) is 6.66. The topological polar surface area (TPSA) is 49.4 Å². The molecule has 2 amide bonds. The lowest BCUT2D eigenvalue weighted by Crippen LogP contribution is -2.29. The van der Waals surface area contributed by atoms with E-state index >= 15 is 0 Å². The van der Waals surface area contributed by atoms with Crippen molar-refractivity contribution in [1.82, 2.24) is 4.90 Å². The molecule has 0 aromatic heterocycles. The van der Waals surface area contributed by atoms with Crippen LogP contribution in [0.5, 0.6) is 0 Å². The second kappa shape index (κ2) is 10.0. The fourth-order valence-corrected chi connectivity index (χ4v) is 5.66. The summed E-state index contributed by atoms with van der Waals surface area (Å²) < 4.78 is 0.532. The molecule has 0 spiro atoms. The van der Waals surface area contributed by atoms with Gasteiger partial charge < -0.3 is 5.32 Å². The van der Waals surface area contributed by atoms with E-state index in [1.807, 2.05) is 61.5 Å². The molecule has 0 atom stereocenters. The van der Waals surface area contributed by atoms with Crippen LogP contribution in [0.2, 0.25) is 0 Å². The summed E-state index contributed by atoms with van der Waals surface area (Å²) in [5, 5.41) is 7.38. The van der Waals surface area contributed by atoms with E-state index in [0.29, 0.717) is 28.6 Å². The normalized spacial score (nSPS) is 14.9. The van der Waals surface area contributed by atoms with Gasteiger partial charge in [0.1, 0.15) is 4.32 Å². The number of benzene rings is 4. The van der Waals surface area contributed by atoms with Gasteiger partial charge in [-0.1, -0.05) is 84.6 Å². The van der Waals surface area contributed by atoms with Crippen molar-refractivity contribution in [2.24, 2.45) is 0 Å². The minimum absolute atomic E-state index is 0.0705. The Morgan fingerprint density at radius 2 is 1.66 bits per heavy atom. The van der Waals surface area contributed by atoms with E-state index in [2.05, 4.69) is 35.6 Å². The number of nitrogens with zero attached hydrogens (tertiary/aromatic N) is 1. The zero-order valence-electron chi connectivity index (χ0n) is 19.3. The number of thioether (sulfide) groups is 1. The van der Waals surface area contributed by atoms with Crippen LogP contribution >= 0.6 is 24.0 Å². The van der Waals surface area contributed by atoms with Gasteiger partial charge in [-0.15, -0.1) is 0 Å². The van der Waals surface area contributed by atoms with Crippen LogP contribution < -0.4 is 5.32 Å². The maximum Gasteiger partial charge on any atom is 0.266 e. The Morgan fingerprint density at radius 1 is 0.971 bits per heavy atom. The maximum absolute atomic E-state index is 13.2. The lowest BCUT2D eigenvalue weighted by molar-refractivity contribution is -0.122. The van der Waals surface area contributed by atoms with Gasteiger partial charge in [0.15, 0.2) is 0 Å². The third-order valence-electron chi connectivity index (χ3n) is 6.05. The third kappa shape index (κ3) is 4.99. The van der Waals surface area contributed by atoms with Gasteiger partial charge in [-0.3, -0.25) is 14.5 Å². The Labute approximate surface area is 214 Å². The first-order valence-corrected chi connectivity index (χ1v) is 12.7. The molecule has 4 aromatic carbocycles. The van der Waals surface area contributed by atoms with Gasteiger partial charge in [0, 0.05) is 18.7 Å². The molecule has 174 valence electrons. The molecule has 0 radical (unpaired) electrons. The van der Waals surface area contributed by atoms with Crippen LogP contribution in [0.15, 0.2) is 83.8 Å². The number of amides is 2. The molecule has 1 saturated heterocycles. The molecule has 0 bridgehead atoms. The molecule has 6 heteroatoms. The molecule has 1 fully saturated rings. The highest BCUT2D eigenvalue weighted by Crippen LogP contribution is 2.36. The molecular weight excluding hydrogens is 472 g/mol. The van der Waals surface area contributed by atoms with E-state index in [1.165, 1.54) is 11.8 Å². The van der Waals surface area contributed by atoms with Crippen molar-refractivity contribution in [1.29, 1.82) is 0 Å². The maximum atomic E-state index is 13.2. The number of rotatable bonds is 6. The zero-order valence-corrected chi connectivity index (χ0v) is 20.9. The monoisotopic (exact) mass is 496 g/mol. The second-order valence-corrected chi connectivity index (χ2v) is 10.3. The number of carbonyl (C=O) groups is 2. The summed E-state index contributed by atoms with van der Waals surface area (Å²) in [6.07, 6.45) is 2.82. The van der Waals surface area contributed by atoms with Crippen molar-refractivity contribution in [2.75, 3.05) is 11.9 Å². The Bertz CT molecular complexity index is 1460. The van der Waals surface area contributed by atoms with E-state index in [4.69, 9.17) is 12.2 Å². The van der Waals surface area contributed by atoms with Gasteiger partial charge in [0.2, 0.25) is 5.91 Å². The highest BCUT2D eigenvalue weighted by atomic mass is 32.2. The minimum Gasteiger partial charge on any atom is -0.326 e. The number of carbonyl (C=O) groups excluding carboxylic acids is 2. The zero-order chi connectivity index (χ0) is 24.4. The predicted molar refractivity (Wildman–Crippen MR) is 150 cm³/mol. The van der Waals surface area contributed by atoms with Crippen LogP contribution in [-0.4, -0.2) is 27.6 Å². The molecule has 1 aliphatic rings. The molecule has 0 saturated carbocycles. The van der Waals surface area contributed by atoms with Gasteiger partial charge in [-0.2, -0.15) is 0 Å². The van der Waals surface area contributed by atoms with Gasteiger partial charge in [0.25, 0.3) is 5.91 Å². The molecule has 4 nitrogen and oxygen atoms in total. The fraction of sp³-hybridized carbons (Fsp3) is 0.138. The number of fused-ring (bicyclic) bond motifs is 2. The van der Waals surface area contributed by atoms with Crippen molar-refractivity contribution < 1.29 is 9.59 Å². The molecule has 4 aromatic rings. The van der Waals surface area contributed by atoms with Crippen LogP contribution in [-0.2, 0) is 9.59 Å². The first kappa shape index (κ1) is 23.3. The van der Waals surface area contributed by atoms with E-state index in [1.54, 1.807) is 4.90 Å². The van der Waals surface area contributed by atoms with Gasteiger partial charge >= 0.3 is 0 Å². The van der Waals surface area contributed by atoms with Gasteiger partial charge in [-0.25, -0.2) is 0 Å². The van der Waals surface area contributed by atoms with Crippen molar-refractivity contribution in [3.05, 3.63) is 94.9 Å². The number of hydrogen-bond donors (Lipinski definition) is 1. The van der Waals surface area contributed by atoms with Crippen LogP contribution in [0.3, 0.4) is 0 Å². The number of anilines is 1. The van der Waals surface area contributed by atoms with Crippen LogP contribution in [0, 0.1) is 6.92 Å². The lowest BCUT2D eigenvalue weighted by Gasteiger charge is -2.14. The van der Waals surface area contributed by atoms with Crippen LogP contribution in [0.1, 0.15) is 24.0 Å². The summed E-state index contributed by atoms with van der Waals surface area (Å²) in [6, 6.07) is 26.3. The summed E-state index contributed by atoms with van der Waals surface area (Å²) in [5.41, 5.74) is 2.90. The van der Waals surface area contributed by atoms with Crippen LogP contribution in [0.4, 0.5) is 5.69 Å². The van der Waals surface area contributed by atoms with E-state index < -0.39 is 0 Å². The molecular formula is C29H24N2O2S2. The van der Waals surface area contributed by atoms with Crippen molar-refractivity contribution >= 4 is 73.4 Å². The number of thiocarbonyl (C=S) groups is 1. The average molecular weight is 497 g/mol. The number of hydrogen-bond acceptors (Lipinski definition) is 4. The molecule has 0 aliphatic carbocycles. The summed E-state index contributed by atoms with van der Waals surface area (Å²) in [7, 11) is 0. The summed E-state index contributed by atoms with van der Waals surface area (Å²) in [4.78, 5) is 27.8. The SMILES string of the molecule is Cc1cccc(NC(=O)CCCN2C(=O)/C(=C/c3c4ccccc4cc4ccccc34)SC2=S)c1. The number of aryl methyl sites for hydroxylation is 1. The highest BCUT2D eigenvalue weighted by molar-refractivity contribution is 8.26. The first-order valence-electron chi connectivity index (χ1n) is 11.5. The Morgan fingerprint density at radius 3 is 2.34 bits per heavy atom. The summed E-state index contributed by atoms with van der Waals surface area (Å²) >= 11 is 6.85. The molecule has 5 rings (SSSR count). The highest BCUT2D eigenvalue weighted by Gasteiger charge is 2.32. The molecule has 1 N–H and O–H groups in total. The van der Waals surface area contributed by atoms with Crippen molar-refractivity contribution in [3.63, 3.8) is 0 Å². The van der Waals surface area contributed by atoms with Gasteiger partial charge in [0.05, 0.1) is 4.91 Å². The fourth-order valence-electron chi connectivity index (χ4n) is 4.37. The Hall–Kier alpha value is -3.48. The second-order valence-electron chi connectivity index (χ2n) is 8.59. The standard InChI is InChI=1S/C29H24N2O2S2/c1-19-8-6-11-22(16-19)30-27(32)14-7-15-31-28(33)26(35-29(31)34)18-25-23-12-4-2-9-20(23)17-21-10-3-5-13-24(21)25/h2-6,8-13,16-18H,7,14-15H2,1H3,(H,30,32)/b26-18-. The van der Waals surface area contributed by atoms with Crippen molar-refractivity contribution in [3.8, 4) is 0 Å². The van der Waals surface area contributed by atoms with Crippen molar-refractivity contribution in [2.45, 2.75) is 19.8 Å². The smallest absolute Gasteiger partial charge is 0.266 e. The first-order chi connectivity index (χ1) is 17.0. The quantitative estimate of drug-likeness (QED) is 0.179. The van der Waals surface area contributed by atoms with E-state index in [9.17, 15) is 9.59 Å². The average Bonchev–Trinajstić information content (AvgIpc) is 3.11. The Balaban J connectivity index is 1.32. The van der Waals surface area contributed by atoms with Gasteiger partial charge in [-0.05, 0) is 70.3 Å². The lowest BCUT2D eigenvalue weighted by atomic mass is 9.96. The minimum atomic E-state index is -0.101. The summed E-state index contributed by atoms with van der Waals surface area (Å²) in [6.45, 7) is 2.40. The molecule has 1 aliphatic heterocycles.